The van der Waals surface area contributed by atoms with Gasteiger partial charge >= 0.3 is 12.0 Å². The molecule has 2 rings (SSSR count). The zero-order chi connectivity index (χ0) is 14.0. The Kier molecular flexibility index (Phi) is 4.09. The highest BCUT2D eigenvalue weighted by atomic mass is 32.1. The van der Waals surface area contributed by atoms with Gasteiger partial charge < -0.3 is 14.9 Å². The highest BCUT2D eigenvalue weighted by Crippen LogP contribution is 2.24. The molecule has 1 aliphatic heterocycles. The number of carbonyl (C=O) groups excluding carboxylic acids is 1. The lowest BCUT2D eigenvalue weighted by molar-refractivity contribution is -0.138. The molecule has 1 aromatic heterocycles. The number of hydrogen-bond acceptors (Lipinski definition) is 3. The average molecular weight is 282 g/mol. The minimum absolute atomic E-state index is 0.118. The number of aliphatic carboxylic acids is 1. The van der Waals surface area contributed by atoms with Gasteiger partial charge in [-0.3, -0.25) is 4.79 Å². The van der Waals surface area contributed by atoms with E-state index in [2.05, 4.69) is 0 Å². The van der Waals surface area contributed by atoms with Gasteiger partial charge in [0.05, 0.1) is 0 Å². The summed E-state index contributed by atoms with van der Waals surface area (Å²) < 4.78 is 0. The second-order valence-electron chi connectivity index (χ2n) is 4.94. The Labute approximate surface area is 116 Å². The van der Waals surface area contributed by atoms with Gasteiger partial charge in [-0.15, -0.1) is 11.3 Å². The maximum atomic E-state index is 12.4. The number of carboxylic acids is 1. The van der Waals surface area contributed by atoms with E-state index in [-0.39, 0.29) is 18.6 Å². The maximum Gasteiger partial charge on any atom is 0.323 e. The molecule has 1 aliphatic rings. The molecule has 2 heterocycles. The van der Waals surface area contributed by atoms with E-state index in [4.69, 9.17) is 5.11 Å². The number of urea groups is 1. The lowest BCUT2D eigenvalue weighted by Gasteiger charge is -2.34. The minimum atomic E-state index is -0.977. The quantitative estimate of drug-likeness (QED) is 0.922. The summed E-state index contributed by atoms with van der Waals surface area (Å²) in [4.78, 5) is 27.7. The van der Waals surface area contributed by atoms with Crippen molar-refractivity contribution in [3.63, 3.8) is 0 Å². The average Bonchev–Trinajstić information content (AvgIpc) is 2.81. The first-order chi connectivity index (χ1) is 8.99. The van der Waals surface area contributed by atoms with Crippen molar-refractivity contribution in [3.05, 3.63) is 21.9 Å². The van der Waals surface area contributed by atoms with E-state index in [1.54, 1.807) is 16.2 Å². The van der Waals surface area contributed by atoms with Crippen molar-refractivity contribution in [1.82, 2.24) is 9.80 Å². The molecule has 0 radical (unpaired) electrons. The van der Waals surface area contributed by atoms with Crippen LogP contribution in [0.3, 0.4) is 0 Å². The van der Waals surface area contributed by atoms with Crippen molar-refractivity contribution < 1.29 is 14.7 Å². The summed E-state index contributed by atoms with van der Waals surface area (Å²) >= 11 is 1.72. The molecule has 0 aliphatic carbocycles. The van der Waals surface area contributed by atoms with Gasteiger partial charge in [0.1, 0.15) is 6.54 Å². The van der Waals surface area contributed by atoms with Gasteiger partial charge in [0, 0.05) is 24.0 Å². The molecule has 104 valence electrons. The number of carboxylic acid groups (broad SMARTS) is 1. The van der Waals surface area contributed by atoms with Crippen molar-refractivity contribution in [2.24, 2.45) is 0 Å². The molecule has 1 aromatic rings. The number of hydrogen-bond donors (Lipinski definition) is 1. The molecule has 0 atom stereocenters. The number of nitrogens with zero attached hydrogens (tertiary/aromatic N) is 2. The molecule has 2 amide bonds. The van der Waals surface area contributed by atoms with Gasteiger partial charge in [0.15, 0.2) is 0 Å². The summed E-state index contributed by atoms with van der Waals surface area (Å²) in [5.41, 5.74) is 1.18. The zero-order valence-corrected chi connectivity index (χ0v) is 11.9. The van der Waals surface area contributed by atoms with Gasteiger partial charge in [-0.1, -0.05) is 0 Å². The number of amides is 2. The molecule has 6 heteroatoms. The van der Waals surface area contributed by atoms with Gasteiger partial charge in [-0.2, -0.15) is 0 Å². The summed E-state index contributed by atoms with van der Waals surface area (Å²) in [5.74, 6) is -0.977. The Hall–Kier alpha value is -1.56. The molecular weight excluding hydrogens is 264 g/mol. The number of rotatable bonds is 3. The van der Waals surface area contributed by atoms with Crippen LogP contribution in [0.15, 0.2) is 11.4 Å². The molecule has 0 spiro atoms. The predicted octanol–water partition coefficient (Wildman–Crippen LogP) is 2.02. The largest absolute Gasteiger partial charge is 0.480 e. The van der Waals surface area contributed by atoms with Crippen molar-refractivity contribution in [1.29, 1.82) is 0 Å². The Bertz CT molecular complexity index is 484. The first-order valence-electron chi connectivity index (χ1n) is 6.31. The Morgan fingerprint density at radius 3 is 2.89 bits per heavy atom. The van der Waals surface area contributed by atoms with Crippen LogP contribution in [0.2, 0.25) is 0 Å². The Balaban J connectivity index is 2.08. The molecule has 5 nitrogen and oxygen atoms in total. The van der Waals surface area contributed by atoms with Crippen LogP contribution < -0.4 is 0 Å². The fraction of sp³-hybridized carbons (Fsp3) is 0.538. The Morgan fingerprint density at radius 2 is 2.26 bits per heavy atom. The topological polar surface area (TPSA) is 60.9 Å². The van der Waals surface area contributed by atoms with E-state index < -0.39 is 5.97 Å². The van der Waals surface area contributed by atoms with Gasteiger partial charge in [-0.05, 0) is 37.3 Å². The smallest absolute Gasteiger partial charge is 0.323 e. The first-order valence-corrected chi connectivity index (χ1v) is 7.19. The van der Waals surface area contributed by atoms with Crippen LogP contribution in [-0.4, -0.2) is 46.0 Å². The van der Waals surface area contributed by atoms with E-state index in [0.29, 0.717) is 13.1 Å². The highest BCUT2D eigenvalue weighted by molar-refractivity contribution is 7.10. The van der Waals surface area contributed by atoms with Crippen LogP contribution in [0.25, 0.3) is 0 Å². The van der Waals surface area contributed by atoms with Crippen LogP contribution in [0.4, 0.5) is 4.79 Å². The number of carbonyl (C=O) groups is 2. The normalized spacial score (nSPS) is 14.4. The third-order valence-electron chi connectivity index (χ3n) is 3.25. The second kappa shape index (κ2) is 5.61. The molecule has 19 heavy (non-hydrogen) atoms. The zero-order valence-electron chi connectivity index (χ0n) is 11.1. The Morgan fingerprint density at radius 1 is 1.53 bits per heavy atom. The molecule has 0 bridgehead atoms. The fourth-order valence-corrected chi connectivity index (χ4v) is 3.10. The van der Waals surface area contributed by atoms with Crippen LogP contribution in [0.1, 0.15) is 24.3 Å². The lowest BCUT2D eigenvalue weighted by atomic mass is 10.1. The van der Waals surface area contributed by atoms with Crippen molar-refractivity contribution in [2.45, 2.75) is 32.9 Å². The van der Waals surface area contributed by atoms with E-state index in [1.165, 1.54) is 15.3 Å². The van der Waals surface area contributed by atoms with Crippen molar-refractivity contribution in [2.75, 3.05) is 13.1 Å². The van der Waals surface area contributed by atoms with Crippen molar-refractivity contribution in [3.8, 4) is 0 Å². The highest BCUT2D eigenvalue weighted by Gasteiger charge is 2.28. The third-order valence-corrected chi connectivity index (χ3v) is 4.28. The van der Waals surface area contributed by atoms with Crippen LogP contribution in [0, 0.1) is 0 Å². The van der Waals surface area contributed by atoms with Gasteiger partial charge in [0.2, 0.25) is 0 Å². The van der Waals surface area contributed by atoms with Crippen molar-refractivity contribution >= 4 is 23.3 Å². The molecule has 0 unspecified atom stereocenters. The summed E-state index contributed by atoms with van der Waals surface area (Å²) in [6.07, 6.45) is 0.859. The van der Waals surface area contributed by atoms with Crippen LogP contribution >= 0.6 is 11.3 Å². The van der Waals surface area contributed by atoms with Crippen LogP contribution in [0.5, 0.6) is 0 Å². The monoisotopic (exact) mass is 282 g/mol. The van der Waals surface area contributed by atoms with Gasteiger partial charge in [-0.25, -0.2) is 4.79 Å². The van der Waals surface area contributed by atoms with E-state index in [1.807, 2.05) is 25.3 Å². The molecule has 0 saturated heterocycles. The maximum absolute atomic E-state index is 12.4. The van der Waals surface area contributed by atoms with Crippen LogP contribution in [-0.2, 0) is 17.8 Å². The first kappa shape index (κ1) is 13.9. The molecule has 0 fully saturated rings. The molecule has 0 saturated carbocycles. The van der Waals surface area contributed by atoms with E-state index >= 15 is 0 Å². The fourth-order valence-electron chi connectivity index (χ4n) is 2.21. The predicted molar refractivity (Wildman–Crippen MR) is 73.3 cm³/mol. The summed E-state index contributed by atoms with van der Waals surface area (Å²) in [5, 5.41) is 10.9. The lowest BCUT2D eigenvalue weighted by Crippen LogP contribution is -2.49. The second-order valence-corrected chi connectivity index (χ2v) is 5.94. The summed E-state index contributed by atoms with van der Waals surface area (Å²) in [6, 6.07) is 1.73. The summed E-state index contributed by atoms with van der Waals surface area (Å²) in [6.45, 7) is 4.67. The van der Waals surface area contributed by atoms with Gasteiger partial charge in [0.25, 0.3) is 0 Å². The molecular formula is C13H18N2O3S. The SMILES string of the molecule is CC(C)N(CC(=O)O)C(=O)N1CCc2sccc2C1. The third kappa shape index (κ3) is 3.07. The molecule has 0 aromatic carbocycles. The van der Waals surface area contributed by atoms with E-state index in [9.17, 15) is 9.59 Å². The summed E-state index contributed by atoms with van der Waals surface area (Å²) in [7, 11) is 0. The standard InChI is InChI=1S/C13H18N2O3S/c1-9(2)15(8-12(16)17)13(18)14-5-3-11-10(7-14)4-6-19-11/h4,6,9H,3,5,7-8H2,1-2H3,(H,16,17). The minimum Gasteiger partial charge on any atom is -0.480 e. The number of thiophene rings is 1. The number of fused-ring (bicyclic) bond motifs is 1. The van der Waals surface area contributed by atoms with E-state index in [0.717, 1.165) is 6.42 Å². The molecule has 1 N–H and O–H groups in total.